The van der Waals surface area contributed by atoms with Gasteiger partial charge in [-0.15, -0.1) is 0 Å². The average molecular weight is 601 g/mol. The lowest BCUT2D eigenvalue weighted by atomic mass is 9.78. The van der Waals surface area contributed by atoms with Crippen molar-refractivity contribution in [1.82, 2.24) is 9.55 Å². The first-order chi connectivity index (χ1) is 23.3. The van der Waals surface area contributed by atoms with Gasteiger partial charge in [-0.05, 0) is 92.4 Å². The zero-order valence-corrected chi connectivity index (χ0v) is 26.0. The van der Waals surface area contributed by atoms with Gasteiger partial charge >= 0.3 is 0 Å². The number of para-hydroxylation sites is 2. The summed E-state index contributed by atoms with van der Waals surface area (Å²) < 4.78 is 2.28. The van der Waals surface area contributed by atoms with Crippen LogP contribution in [-0.2, 0) is 6.42 Å². The smallest absolute Gasteiger partial charge is 0.145 e. The van der Waals surface area contributed by atoms with Crippen LogP contribution in [-0.4, -0.2) is 9.55 Å². The fourth-order valence-electron chi connectivity index (χ4n) is 7.41. The van der Waals surface area contributed by atoms with Gasteiger partial charge in [0.05, 0.1) is 11.0 Å². The molecule has 0 fully saturated rings. The predicted molar refractivity (Wildman–Crippen MR) is 198 cm³/mol. The first-order valence-electron chi connectivity index (χ1n) is 16.4. The molecule has 1 aliphatic carbocycles. The Hall–Kier alpha value is -5.99. The van der Waals surface area contributed by atoms with Gasteiger partial charge in [0.2, 0.25) is 0 Å². The molecule has 1 aliphatic rings. The Morgan fingerprint density at radius 1 is 0.447 bits per heavy atom. The molecule has 0 saturated carbocycles. The van der Waals surface area contributed by atoms with E-state index in [1.807, 2.05) is 0 Å². The van der Waals surface area contributed by atoms with Crippen LogP contribution in [0.2, 0.25) is 0 Å². The van der Waals surface area contributed by atoms with Crippen molar-refractivity contribution in [2.75, 3.05) is 0 Å². The number of nitrogens with zero attached hydrogens (tertiary/aromatic N) is 2. The van der Waals surface area contributed by atoms with Crippen LogP contribution < -0.4 is 0 Å². The maximum absolute atomic E-state index is 5.04. The molecule has 47 heavy (non-hydrogen) atoms. The molecular weight excluding hydrogens is 569 g/mol. The molecule has 1 aromatic heterocycles. The number of imidazole rings is 1. The van der Waals surface area contributed by atoms with E-state index in [1.165, 1.54) is 55.3 Å². The summed E-state index contributed by atoms with van der Waals surface area (Å²) in [6, 6.07) is 58.7. The van der Waals surface area contributed by atoms with Gasteiger partial charge in [0.1, 0.15) is 5.82 Å². The quantitative estimate of drug-likeness (QED) is 0.192. The van der Waals surface area contributed by atoms with E-state index in [4.69, 9.17) is 4.98 Å². The predicted octanol–water partition coefficient (Wildman–Crippen LogP) is 11.7. The molecule has 8 aromatic rings. The fourth-order valence-corrected chi connectivity index (χ4v) is 7.41. The molecule has 0 bridgehead atoms. The number of fused-ring (bicyclic) bond motifs is 3. The third-order valence-electron chi connectivity index (χ3n) is 9.54. The average Bonchev–Trinajstić information content (AvgIpc) is 3.54. The second kappa shape index (κ2) is 11.4. The van der Waals surface area contributed by atoms with Crippen molar-refractivity contribution in [3.63, 3.8) is 0 Å². The summed E-state index contributed by atoms with van der Waals surface area (Å²) in [5.41, 5.74) is 15.0. The summed E-state index contributed by atoms with van der Waals surface area (Å²) in [6.07, 6.45) is 4.45. The number of benzene rings is 7. The standard InChI is InChI=1S/C45H32N2/c1-4-14-32(15-5-1)43-37-20-10-11-21-38(37)44(33-16-6-2-7-17-33)40-30-35(26-29-39(40)43)31-24-27-36(28-25-31)47-42-23-13-12-22-41(42)46-45(47)34-18-8-3-9-19-34/h1-25,27-28,30H,26,29H2. The van der Waals surface area contributed by atoms with Crippen LogP contribution in [0.1, 0.15) is 23.1 Å². The maximum Gasteiger partial charge on any atom is 0.145 e. The first kappa shape index (κ1) is 27.3. The van der Waals surface area contributed by atoms with Crippen LogP contribution in [0.15, 0.2) is 164 Å². The van der Waals surface area contributed by atoms with Crippen molar-refractivity contribution in [2.24, 2.45) is 0 Å². The van der Waals surface area contributed by atoms with Crippen LogP contribution in [0, 0.1) is 0 Å². The molecule has 222 valence electrons. The summed E-state index contributed by atoms with van der Waals surface area (Å²) in [6.45, 7) is 0. The van der Waals surface area contributed by atoms with Gasteiger partial charge in [-0.2, -0.15) is 0 Å². The molecule has 2 nitrogen and oxygen atoms in total. The van der Waals surface area contributed by atoms with Crippen molar-refractivity contribution >= 4 is 33.5 Å². The minimum atomic E-state index is 0.957. The summed E-state index contributed by atoms with van der Waals surface area (Å²) in [5, 5.41) is 2.61. The summed E-state index contributed by atoms with van der Waals surface area (Å²) in [4.78, 5) is 5.04. The van der Waals surface area contributed by atoms with Crippen LogP contribution in [0.5, 0.6) is 0 Å². The van der Waals surface area contributed by atoms with E-state index in [2.05, 4.69) is 174 Å². The summed E-state index contributed by atoms with van der Waals surface area (Å²) in [5.74, 6) is 0.957. The van der Waals surface area contributed by atoms with E-state index in [1.54, 1.807) is 0 Å². The normalized spacial score (nSPS) is 12.6. The maximum atomic E-state index is 5.04. The largest absolute Gasteiger partial charge is 0.292 e. The zero-order chi connectivity index (χ0) is 31.2. The van der Waals surface area contributed by atoms with Gasteiger partial charge in [-0.3, -0.25) is 4.57 Å². The van der Waals surface area contributed by atoms with Gasteiger partial charge in [0.15, 0.2) is 0 Å². The van der Waals surface area contributed by atoms with Gasteiger partial charge in [0.25, 0.3) is 0 Å². The van der Waals surface area contributed by atoms with Crippen LogP contribution in [0.3, 0.4) is 0 Å². The van der Waals surface area contributed by atoms with Crippen LogP contribution in [0.4, 0.5) is 0 Å². The van der Waals surface area contributed by atoms with Crippen molar-refractivity contribution < 1.29 is 0 Å². The molecule has 2 heteroatoms. The number of allylic oxidation sites excluding steroid dienone is 1. The number of aromatic nitrogens is 2. The lowest BCUT2D eigenvalue weighted by molar-refractivity contribution is 1.01. The SMILES string of the molecule is C1=C(c2ccc(-n3c(-c4ccccc4)nc4ccccc43)cc2)CCc2c1c(-c1ccccc1)c1ccccc1c2-c1ccccc1. The molecule has 0 amide bonds. The Bertz CT molecular complexity index is 2420. The van der Waals surface area contributed by atoms with Crippen molar-refractivity contribution in [3.05, 3.63) is 180 Å². The van der Waals surface area contributed by atoms with Crippen molar-refractivity contribution in [3.8, 4) is 39.3 Å². The zero-order valence-electron chi connectivity index (χ0n) is 26.0. The van der Waals surface area contributed by atoms with E-state index >= 15 is 0 Å². The van der Waals surface area contributed by atoms with E-state index in [0.717, 1.165) is 41.0 Å². The number of hydrogen-bond donors (Lipinski definition) is 0. The second-order valence-electron chi connectivity index (χ2n) is 12.3. The van der Waals surface area contributed by atoms with E-state index in [9.17, 15) is 0 Å². The van der Waals surface area contributed by atoms with E-state index < -0.39 is 0 Å². The number of hydrogen-bond acceptors (Lipinski definition) is 1. The number of rotatable bonds is 5. The molecule has 0 unspecified atom stereocenters. The molecule has 0 spiro atoms. The fraction of sp³-hybridized carbons (Fsp3) is 0.0444. The molecule has 0 radical (unpaired) electrons. The van der Waals surface area contributed by atoms with E-state index in [0.29, 0.717) is 0 Å². The van der Waals surface area contributed by atoms with Gasteiger partial charge in [0, 0.05) is 11.3 Å². The monoisotopic (exact) mass is 600 g/mol. The molecule has 0 atom stereocenters. The molecule has 1 heterocycles. The molecule has 7 aromatic carbocycles. The first-order valence-corrected chi connectivity index (χ1v) is 16.4. The second-order valence-corrected chi connectivity index (χ2v) is 12.3. The third kappa shape index (κ3) is 4.69. The molecule has 0 aliphatic heterocycles. The lowest BCUT2D eigenvalue weighted by Gasteiger charge is -2.26. The highest BCUT2D eigenvalue weighted by Gasteiger charge is 2.24. The van der Waals surface area contributed by atoms with Crippen molar-refractivity contribution in [1.29, 1.82) is 0 Å². The Morgan fingerprint density at radius 3 is 1.68 bits per heavy atom. The molecular formula is C45H32N2. The summed E-state index contributed by atoms with van der Waals surface area (Å²) in [7, 11) is 0. The minimum Gasteiger partial charge on any atom is -0.292 e. The van der Waals surface area contributed by atoms with Gasteiger partial charge in [-0.1, -0.05) is 146 Å². The highest BCUT2D eigenvalue weighted by atomic mass is 15.1. The van der Waals surface area contributed by atoms with Crippen LogP contribution in [0.25, 0.3) is 72.8 Å². The van der Waals surface area contributed by atoms with Gasteiger partial charge < -0.3 is 0 Å². The highest BCUT2D eigenvalue weighted by molar-refractivity contribution is 6.11. The molecule has 9 rings (SSSR count). The Morgan fingerprint density at radius 2 is 1.00 bits per heavy atom. The molecule has 0 saturated heterocycles. The summed E-state index contributed by atoms with van der Waals surface area (Å²) >= 11 is 0. The Labute approximate surface area is 274 Å². The lowest BCUT2D eigenvalue weighted by Crippen LogP contribution is -2.05. The molecule has 0 N–H and O–H groups in total. The third-order valence-corrected chi connectivity index (χ3v) is 9.54. The Kier molecular flexibility index (Phi) is 6.64. The Balaban J connectivity index is 1.21. The van der Waals surface area contributed by atoms with Crippen LogP contribution >= 0.6 is 0 Å². The van der Waals surface area contributed by atoms with E-state index in [-0.39, 0.29) is 0 Å². The van der Waals surface area contributed by atoms with Crippen molar-refractivity contribution in [2.45, 2.75) is 12.8 Å². The minimum absolute atomic E-state index is 0.957. The highest BCUT2D eigenvalue weighted by Crippen LogP contribution is 2.46. The topological polar surface area (TPSA) is 17.8 Å². The van der Waals surface area contributed by atoms with Gasteiger partial charge in [-0.25, -0.2) is 4.98 Å².